The van der Waals surface area contributed by atoms with Gasteiger partial charge in [0.05, 0.1) is 24.1 Å². The number of hydrogen-bond donors (Lipinski definition) is 2. The van der Waals surface area contributed by atoms with Crippen molar-refractivity contribution in [3.05, 3.63) is 65.2 Å². The van der Waals surface area contributed by atoms with Gasteiger partial charge in [-0.2, -0.15) is 13.4 Å². The molecule has 0 spiro atoms. The lowest BCUT2D eigenvalue weighted by molar-refractivity contribution is -0.131. The number of carbonyl (C=O) groups is 1. The van der Waals surface area contributed by atoms with Crippen molar-refractivity contribution in [3.8, 4) is 5.75 Å². The van der Waals surface area contributed by atoms with Crippen molar-refractivity contribution in [2.24, 2.45) is 11.7 Å². The molecule has 2 aliphatic heterocycles. The first-order valence-electron chi connectivity index (χ1n) is 16.0. The van der Waals surface area contributed by atoms with E-state index in [4.69, 9.17) is 19.5 Å². The molecule has 2 saturated heterocycles. The summed E-state index contributed by atoms with van der Waals surface area (Å²) in [5, 5.41) is 4.04. The molecule has 0 aliphatic carbocycles. The molecule has 0 bridgehead atoms. The van der Waals surface area contributed by atoms with Crippen molar-refractivity contribution in [3.63, 3.8) is 0 Å². The van der Waals surface area contributed by atoms with Gasteiger partial charge in [-0.05, 0) is 75.1 Å². The fourth-order valence-corrected chi connectivity index (χ4v) is 6.01. The molecule has 1 amide bonds. The number of benzene rings is 2. The van der Waals surface area contributed by atoms with Gasteiger partial charge >= 0.3 is 6.01 Å². The van der Waals surface area contributed by atoms with Gasteiger partial charge in [0, 0.05) is 31.6 Å². The van der Waals surface area contributed by atoms with Crippen LogP contribution < -0.4 is 15.4 Å². The number of likely N-dealkylation sites (tertiary alicyclic amines) is 1. The molecular weight excluding hydrogens is 632 g/mol. The summed E-state index contributed by atoms with van der Waals surface area (Å²) >= 11 is 0. The molecule has 2 aromatic carbocycles. The minimum atomic E-state index is -4.02. The van der Waals surface area contributed by atoms with Crippen LogP contribution in [0.25, 0.3) is 0 Å². The molecule has 3 heterocycles. The lowest BCUT2D eigenvalue weighted by Crippen LogP contribution is -2.44. The topological polar surface area (TPSA) is 152 Å². The number of halogens is 2. The maximum absolute atomic E-state index is 14.6. The summed E-state index contributed by atoms with van der Waals surface area (Å²) in [6, 6.07) is 10.4. The van der Waals surface area contributed by atoms with Crippen molar-refractivity contribution < 1.29 is 35.8 Å². The number of hydrogen-bond acceptors (Lipinski definition) is 9. The second kappa shape index (κ2) is 16.5. The molecule has 2 aliphatic rings. The van der Waals surface area contributed by atoms with Crippen molar-refractivity contribution >= 4 is 22.0 Å². The highest BCUT2D eigenvalue weighted by atomic mass is 32.2. The van der Waals surface area contributed by atoms with Crippen LogP contribution in [0.3, 0.4) is 0 Å². The van der Waals surface area contributed by atoms with Gasteiger partial charge in [0.25, 0.3) is 10.1 Å². The van der Waals surface area contributed by atoms with Gasteiger partial charge in [-0.25, -0.2) is 8.78 Å². The largest absolute Gasteiger partial charge is 0.493 e. The molecule has 3 aromatic rings. The van der Waals surface area contributed by atoms with E-state index in [0.717, 1.165) is 50.2 Å². The summed E-state index contributed by atoms with van der Waals surface area (Å²) in [5.41, 5.74) is 7.29. The molecule has 2 atom stereocenters. The summed E-state index contributed by atoms with van der Waals surface area (Å²) < 4.78 is 68.7. The quantitative estimate of drug-likeness (QED) is 0.207. The minimum absolute atomic E-state index is 0.0666. The number of alkyl halides is 1. The lowest BCUT2D eigenvalue weighted by Gasteiger charge is -2.30. The second-order valence-electron chi connectivity index (χ2n) is 12.5. The number of nitrogens with two attached hydrogens (primary N) is 1. The summed E-state index contributed by atoms with van der Waals surface area (Å²) in [6.07, 6.45) is 3.45. The monoisotopic (exact) mass is 677 g/mol. The highest BCUT2D eigenvalue weighted by Gasteiger charge is 2.29. The number of anilines is 1. The van der Waals surface area contributed by atoms with Gasteiger partial charge in [-0.1, -0.05) is 42.8 Å². The molecule has 3 N–H and O–H groups in total. The van der Waals surface area contributed by atoms with Gasteiger partial charge in [-0.15, -0.1) is 0 Å². The predicted octanol–water partition coefficient (Wildman–Crippen LogP) is 5.09. The van der Waals surface area contributed by atoms with E-state index in [1.165, 1.54) is 23.1 Å². The molecule has 2 fully saturated rings. The number of aromatic nitrogens is 2. The van der Waals surface area contributed by atoms with Crippen LogP contribution in [0.2, 0.25) is 0 Å². The van der Waals surface area contributed by atoms with Crippen LogP contribution >= 0.6 is 0 Å². The van der Waals surface area contributed by atoms with E-state index in [1.807, 2.05) is 20.8 Å². The van der Waals surface area contributed by atoms with Crippen molar-refractivity contribution in [2.75, 3.05) is 37.7 Å². The Balaban J connectivity index is 0.000000385. The first-order valence-corrected chi connectivity index (χ1v) is 17.5. The minimum Gasteiger partial charge on any atom is -0.493 e. The smallest absolute Gasteiger partial charge is 0.324 e. The van der Waals surface area contributed by atoms with Crippen molar-refractivity contribution in [1.82, 2.24) is 15.0 Å². The van der Waals surface area contributed by atoms with E-state index in [2.05, 4.69) is 15.0 Å². The van der Waals surface area contributed by atoms with Gasteiger partial charge in [0.2, 0.25) is 5.91 Å². The molecule has 14 heteroatoms. The normalized spacial score (nSPS) is 17.8. The van der Waals surface area contributed by atoms with E-state index < -0.39 is 28.1 Å². The number of aryl methyl sites for hydroxylation is 1. The van der Waals surface area contributed by atoms with Gasteiger partial charge in [0.1, 0.15) is 17.7 Å². The van der Waals surface area contributed by atoms with Crippen molar-refractivity contribution in [1.29, 1.82) is 0 Å². The third-order valence-corrected chi connectivity index (χ3v) is 9.27. The molecule has 0 saturated carbocycles. The number of amides is 1. The van der Waals surface area contributed by atoms with Crippen LogP contribution in [0, 0.1) is 18.7 Å². The zero-order valence-electron chi connectivity index (χ0n) is 27.1. The van der Waals surface area contributed by atoms with Crippen LogP contribution in [0.1, 0.15) is 68.8 Å². The Hall–Kier alpha value is -3.62. The van der Waals surface area contributed by atoms with Gasteiger partial charge in [0.15, 0.2) is 5.82 Å². The van der Waals surface area contributed by atoms with E-state index in [-0.39, 0.29) is 29.7 Å². The average molecular weight is 678 g/mol. The lowest BCUT2D eigenvalue weighted by atomic mass is 9.92. The SMILES string of the molecule is CC(C)c1noc(N2CCC(CCCOc3ccc(C[C@H](N)C(=O)N4CC[C@H](F)C4)c(F)c3)CC2)n1.Cc1ccc(S(=O)(=O)O)cc1. The highest BCUT2D eigenvalue weighted by molar-refractivity contribution is 7.85. The molecule has 0 unspecified atom stereocenters. The third kappa shape index (κ3) is 10.7. The first kappa shape index (κ1) is 36.2. The number of nitrogens with zero attached hydrogens (tertiary/aromatic N) is 4. The fraction of sp³-hybridized carbons (Fsp3) is 0.545. The van der Waals surface area contributed by atoms with Gasteiger partial charge in [-0.3, -0.25) is 9.35 Å². The van der Waals surface area contributed by atoms with Crippen molar-refractivity contribution in [2.45, 2.75) is 82.3 Å². The van der Waals surface area contributed by atoms with Crippen LogP contribution in [0.4, 0.5) is 14.8 Å². The maximum Gasteiger partial charge on any atom is 0.324 e. The van der Waals surface area contributed by atoms with Crippen LogP contribution in [0.15, 0.2) is 51.9 Å². The standard InChI is InChI=1S/C26H37F2N5O3.C7H8O3S/c1-17(2)24-30-26(36-31-24)32-10-7-18(8-11-32)4-3-13-35-21-6-5-19(22(28)15-21)14-23(29)25(34)33-12-9-20(27)16-33;1-6-2-4-7(5-3-6)11(8,9)10/h5-6,15,17-18,20,23H,3-4,7-14,16,29H2,1-2H3;2-5H,1H3,(H,8,9,10)/t20-,23-;/m0./s1. The van der Waals surface area contributed by atoms with E-state index >= 15 is 0 Å². The maximum atomic E-state index is 14.6. The third-order valence-electron chi connectivity index (χ3n) is 8.40. The molecule has 0 radical (unpaired) electrons. The summed E-state index contributed by atoms with van der Waals surface area (Å²) in [7, 11) is -4.02. The Labute approximate surface area is 275 Å². The first-order chi connectivity index (χ1) is 22.3. The molecular formula is C33H45F2N5O6S. The van der Waals surface area contributed by atoms with E-state index in [9.17, 15) is 22.0 Å². The van der Waals surface area contributed by atoms with Gasteiger partial charge < -0.3 is 24.8 Å². The molecule has 47 heavy (non-hydrogen) atoms. The number of ether oxygens (including phenoxy) is 1. The van der Waals surface area contributed by atoms with Crippen LogP contribution in [0.5, 0.6) is 5.75 Å². The zero-order chi connectivity index (χ0) is 34.1. The van der Waals surface area contributed by atoms with E-state index in [1.54, 1.807) is 24.3 Å². The Bertz CT molecular complexity index is 1560. The molecule has 1 aromatic heterocycles. The Kier molecular flexibility index (Phi) is 12.7. The Morgan fingerprint density at radius 2 is 1.83 bits per heavy atom. The highest BCUT2D eigenvalue weighted by Crippen LogP contribution is 2.26. The molecule has 11 nitrogen and oxygen atoms in total. The summed E-state index contributed by atoms with van der Waals surface area (Å²) in [4.78, 5) is 20.4. The second-order valence-corrected chi connectivity index (χ2v) is 14.0. The number of piperidine rings is 1. The fourth-order valence-electron chi connectivity index (χ4n) is 5.53. The number of rotatable bonds is 11. The summed E-state index contributed by atoms with van der Waals surface area (Å²) in [6.45, 7) is 8.67. The Morgan fingerprint density at radius 1 is 1.13 bits per heavy atom. The average Bonchev–Trinajstić information content (AvgIpc) is 3.71. The summed E-state index contributed by atoms with van der Waals surface area (Å²) in [5.74, 6) is 1.27. The Morgan fingerprint density at radius 3 is 2.40 bits per heavy atom. The van der Waals surface area contributed by atoms with Crippen LogP contribution in [-0.2, 0) is 21.3 Å². The molecule has 258 valence electrons. The zero-order valence-corrected chi connectivity index (χ0v) is 28.0. The molecule has 5 rings (SSSR count). The number of carbonyl (C=O) groups excluding carboxylic acids is 1. The van der Waals surface area contributed by atoms with Crippen LogP contribution in [-0.4, -0.2) is 78.9 Å². The predicted molar refractivity (Wildman–Crippen MR) is 173 cm³/mol. The van der Waals surface area contributed by atoms with E-state index in [0.29, 0.717) is 42.8 Å².